The molecule has 0 spiro atoms. The molecule has 0 bridgehead atoms. The fourth-order valence-electron chi connectivity index (χ4n) is 1.74. The van der Waals surface area contributed by atoms with Crippen molar-refractivity contribution >= 4 is 0 Å². The van der Waals surface area contributed by atoms with Gasteiger partial charge in [-0.3, -0.25) is 0 Å². The fourth-order valence-corrected chi connectivity index (χ4v) is 1.74. The molecule has 102 valence electrons. The first-order valence-corrected chi connectivity index (χ1v) is 6.25. The predicted octanol–water partition coefficient (Wildman–Crippen LogP) is 2.22. The smallest absolute Gasteiger partial charge is 0.165 e. The lowest BCUT2D eigenvalue weighted by molar-refractivity contribution is 0.183. The number of hydrogen-bond donors (Lipinski definition) is 1. The highest BCUT2D eigenvalue weighted by Crippen LogP contribution is 2.31. The molecule has 18 heavy (non-hydrogen) atoms. The van der Waals surface area contributed by atoms with E-state index in [9.17, 15) is 0 Å². The van der Waals surface area contributed by atoms with Crippen LogP contribution < -0.4 is 14.8 Å². The summed E-state index contributed by atoms with van der Waals surface area (Å²) in [6.07, 6.45) is 1.98. The van der Waals surface area contributed by atoms with Crippen molar-refractivity contribution in [3.8, 4) is 11.5 Å². The molecule has 0 fully saturated rings. The molecule has 0 aliphatic rings. The number of hydrogen-bond acceptors (Lipinski definition) is 4. The van der Waals surface area contributed by atoms with Crippen LogP contribution in [0.2, 0.25) is 0 Å². The Morgan fingerprint density at radius 3 is 2.56 bits per heavy atom. The molecule has 0 radical (unpaired) electrons. The molecule has 0 heterocycles. The third kappa shape index (κ3) is 4.55. The zero-order valence-corrected chi connectivity index (χ0v) is 11.5. The van der Waals surface area contributed by atoms with Crippen LogP contribution in [-0.2, 0) is 11.3 Å². The molecule has 0 saturated heterocycles. The second kappa shape index (κ2) is 8.78. The molecular weight excluding hydrogens is 230 g/mol. The molecule has 0 saturated carbocycles. The van der Waals surface area contributed by atoms with Crippen molar-refractivity contribution in [1.29, 1.82) is 0 Å². The average Bonchev–Trinajstić information content (AvgIpc) is 2.40. The Balaban J connectivity index is 2.60. The third-order valence-corrected chi connectivity index (χ3v) is 2.64. The van der Waals surface area contributed by atoms with Crippen molar-refractivity contribution in [2.24, 2.45) is 0 Å². The van der Waals surface area contributed by atoms with Crippen LogP contribution in [0, 0.1) is 0 Å². The zero-order chi connectivity index (χ0) is 13.2. The number of ether oxygens (including phenoxy) is 3. The van der Waals surface area contributed by atoms with Crippen molar-refractivity contribution in [2.45, 2.75) is 19.4 Å². The van der Waals surface area contributed by atoms with E-state index in [2.05, 4.69) is 5.32 Å². The van der Waals surface area contributed by atoms with Crippen LogP contribution in [0.5, 0.6) is 11.5 Å². The molecule has 0 aromatic heterocycles. The maximum atomic E-state index is 5.84. The Morgan fingerprint density at radius 1 is 1.11 bits per heavy atom. The first-order chi connectivity index (χ1) is 8.83. The van der Waals surface area contributed by atoms with Gasteiger partial charge in [-0.2, -0.15) is 0 Å². The highest BCUT2D eigenvalue weighted by molar-refractivity contribution is 5.46. The van der Waals surface area contributed by atoms with Crippen molar-refractivity contribution in [3.05, 3.63) is 23.8 Å². The van der Waals surface area contributed by atoms with Gasteiger partial charge in [0.15, 0.2) is 11.5 Å². The molecule has 1 aromatic carbocycles. The Labute approximate surface area is 109 Å². The van der Waals surface area contributed by atoms with Crippen molar-refractivity contribution in [3.63, 3.8) is 0 Å². The molecule has 0 amide bonds. The molecule has 0 atom stereocenters. The first kappa shape index (κ1) is 14.8. The van der Waals surface area contributed by atoms with E-state index in [0.29, 0.717) is 6.61 Å². The summed E-state index contributed by atoms with van der Waals surface area (Å²) >= 11 is 0. The maximum Gasteiger partial charge on any atom is 0.165 e. The number of rotatable bonds is 9. The number of methoxy groups -OCH3 is 2. The van der Waals surface area contributed by atoms with Gasteiger partial charge in [0, 0.05) is 25.8 Å². The Kier molecular flexibility index (Phi) is 7.22. The van der Waals surface area contributed by atoms with Crippen molar-refractivity contribution in [2.75, 3.05) is 34.5 Å². The number of para-hydroxylation sites is 1. The van der Waals surface area contributed by atoms with Gasteiger partial charge in [-0.15, -0.1) is 0 Å². The minimum absolute atomic E-state index is 0.681. The van der Waals surface area contributed by atoms with Gasteiger partial charge in [0.05, 0.1) is 13.7 Å². The van der Waals surface area contributed by atoms with Crippen molar-refractivity contribution < 1.29 is 14.2 Å². The van der Waals surface area contributed by atoms with Gasteiger partial charge in [-0.25, -0.2) is 0 Å². The molecule has 0 unspecified atom stereocenters. The van der Waals surface area contributed by atoms with E-state index < -0.39 is 0 Å². The van der Waals surface area contributed by atoms with E-state index >= 15 is 0 Å². The lowest BCUT2D eigenvalue weighted by Gasteiger charge is -2.14. The zero-order valence-electron chi connectivity index (χ0n) is 11.5. The summed E-state index contributed by atoms with van der Waals surface area (Å²) in [7, 11) is 5.30. The van der Waals surface area contributed by atoms with Crippen molar-refractivity contribution in [1.82, 2.24) is 5.32 Å². The second-order valence-corrected chi connectivity index (χ2v) is 4.03. The summed E-state index contributed by atoms with van der Waals surface area (Å²) in [5, 5.41) is 3.13. The standard InChI is InChI=1S/C14H23NO3/c1-15-11-12-7-6-8-13(17-3)14(12)18-10-5-4-9-16-2/h6-8,15H,4-5,9-11H2,1-3H3. The van der Waals surface area contributed by atoms with Gasteiger partial charge in [0.2, 0.25) is 0 Å². The van der Waals surface area contributed by atoms with E-state index in [0.717, 1.165) is 43.1 Å². The quantitative estimate of drug-likeness (QED) is 0.685. The fraction of sp³-hybridized carbons (Fsp3) is 0.571. The summed E-state index contributed by atoms with van der Waals surface area (Å²) in [5.41, 5.74) is 1.11. The molecule has 0 aliphatic heterocycles. The second-order valence-electron chi connectivity index (χ2n) is 4.03. The molecule has 1 aromatic rings. The summed E-state index contributed by atoms with van der Waals surface area (Å²) in [6, 6.07) is 5.94. The van der Waals surface area contributed by atoms with E-state index in [1.165, 1.54) is 0 Å². The van der Waals surface area contributed by atoms with Crippen LogP contribution in [0.25, 0.3) is 0 Å². The molecule has 0 aliphatic carbocycles. The summed E-state index contributed by atoms with van der Waals surface area (Å²) < 4.78 is 16.2. The number of benzene rings is 1. The highest BCUT2D eigenvalue weighted by Gasteiger charge is 2.09. The van der Waals surface area contributed by atoms with Crippen LogP contribution in [0.15, 0.2) is 18.2 Å². The van der Waals surface area contributed by atoms with Gasteiger partial charge in [0.1, 0.15) is 0 Å². The molecule has 4 nitrogen and oxygen atoms in total. The molecule has 1 rings (SSSR count). The Morgan fingerprint density at radius 2 is 1.89 bits per heavy atom. The minimum atomic E-state index is 0.681. The van der Waals surface area contributed by atoms with Gasteiger partial charge < -0.3 is 19.5 Å². The van der Waals surface area contributed by atoms with Crippen LogP contribution in [0.1, 0.15) is 18.4 Å². The lowest BCUT2D eigenvalue weighted by Crippen LogP contribution is -2.09. The van der Waals surface area contributed by atoms with Gasteiger partial charge in [-0.1, -0.05) is 12.1 Å². The van der Waals surface area contributed by atoms with Gasteiger partial charge in [0.25, 0.3) is 0 Å². The van der Waals surface area contributed by atoms with Crippen LogP contribution in [0.3, 0.4) is 0 Å². The largest absolute Gasteiger partial charge is 0.493 e. The van der Waals surface area contributed by atoms with E-state index in [1.807, 2.05) is 25.2 Å². The topological polar surface area (TPSA) is 39.7 Å². The number of unbranched alkanes of at least 4 members (excludes halogenated alkanes) is 1. The lowest BCUT2D eigenvalue weighted by atomic mass is 10.2. The SMILES string of the molecule is CNCc1cccc(OC)c1OCCCCOC. The molecule has 1 N–H and O–H groups in total. The first-order valence-electron chi connectivity index (χ1n) is 6.25. The highest BCUT2D eigenvalue weighted by atomic mass is 16.5. The van der Waals surface area contributed by atoms with Gasteiger partial charge >= 0.3 is 0 Å². The predicted molar refractivity (Wildman–Crippen MR) is 72.4 cm³/mol. The third-order valence-electron chi connectivity index (χ3n) is 2.64. The van der Waals surface area contributed by atoms with Crippen LogP contribution in [-0.4, -0.2) is 34.5 Å². The summed E-state index contributed by atoms with van der Waals surface area (Å²) in [4.78, 5) is 0. The maximum absolute atomic E-state index is 5.84. The van der Waals surface area contributed by atoms with Crippen LogP contribution >= 0.6 is 0 Å². The Hall–Kier alpha value is -1.26. The minimum Gasteiger partial charge on any atom is -0.493 e. The average molecular weight is 253 g/mol. The molecular formula is C14H23NO3. The number of nitrogens with one attached hydrogen (secondary N) is 1. The monoisotopic (exact) mass is 253 g/mol. The molecule has 4 heteroatoms. The van der Waals surface area contributed by atoms with E-state index in [-0.39, 0.29) is 0 Å². The normalized spacial score (nSPS) is 10.4. The van der Waals surface area contributed by atoms with E-state index in [1.54, 1.807) is 14.2 Å². The Bertz CT molecular complexity index is 342. The summed E-state index contributed by atoms with van der Waals surface area (Å²) in [6.45, 7) is 2.23. The summed E-state index contributed by atoms with van der Waals surface area (Å²) in [5.74, 6) is 1.63. The van der Waals surface area contributed by atoms with Crippen LogP contribution in [0.4, 0.5) is 0 Å². The van der Waals surface area contributed by atoms with E-state index in [4.69, 9.17) is 14.2 Å². The van der Waals surface area contributed by atoms with Gasteiger partial charge in [-0.05, 0) is 26.0 Å².